The molecule has 0 saturated carbocycles. The van der Waals surface area contributed by atoms with Gasteiger partial charge in [0.25, 0.3) is 0 Å². The highest BCUT2D eigenvalue weighted by Crippen LogP contribution is 2.14. The van der Waals surface area contributed by atoms with Gasteiger partial charge in [0.2, 0.25) is 0 Å². The second-order valence-corrected chi connectivity index (χ2v) is 4.22. The molecule has 1 heterocycles. The van der Waals surface area contributed by atoms with Gasteiger partial charge in [0, 0.05) is 24.5 Å². The monoisotopic (exact) mass is 259 g/mol. The summed E-state index contributed by atoms with van der Waals surface area (Å²) in [6.07, 6.45) is 6.40. The fourth-order valence-electron chi connectivity index (χ4n) is 1.72. The molecule has 5 nitrogen and oxygen atoms in total. The minimum atomic E-state index is 0.573. The second-order valence-electron chi connectivity index (χ2n) is 4.22. The SMILES string of the molecule is CC(=NO)c1cccc(OCCCn2ccnc2)c1. The number of oxime groups is 1. The van der Waals surface area contributed by atoms with Crippen molar-refractivity contribution >= 4 is 5.71 Å². The van der Waals surface area contributed by atoms with Gasteiger partial charge in [-0.1, -0.05) is 17.3 Å². The average molecular weight is 259 g/mol. The molecule has 1 N–H and O–H groups in total. The highest BCUT2D eigenvalue weighted by atomic mass is 16.5. The molecule has 0 aliphatic rings. The van der Waals surface area contributed by atoms with Crippen LogP contribution in [-0.4, -0.2) is 27.1 Å². The standard InChI is InChI=1S/C14H17N3O2/c1-12(16-18)13-4-2-5-14(10-13)19-9-3-7-17-8-6-15-11-17/h2,4-6,8,10-11,18H,3,7,9H2,1H3. The predicted octanol–water partition coefficient (Wildman–Crippen LogP) is 2.55. The highest BCUT2D eigenvalue weighted by molar-refractivity contribution is 5.98. The Morgan fingerprint density at radius 2 is 2.37 bits per heavy atom. The van der Waals surface area contributed by atoms with Crippen molar-refractivity contribution in [2.45, 2.75) is 19.9 Å². The summed E-state index contributed by atoms with van der Waals surface area (Å²) in [5.74, 6) is 0.783. The van der Waals surface area contributed by atoms with Crippen molar-refractivity contribution in [1.29, 1.82) is 0 Å². The van der Waals surface area contributed by atoms with Gasteiger partial charge >= 0.3 is 0 Å². The van der Waals surface area contributed by atoms with E-state index in [4.69, 9.17) is 9.94 Å². The van der Waals surface area contributed by atoms with E-state index in [1.54, 1.807) is 19.4 Å². The van der Waals surface area contributed by atoms with Crippen molar-refractivity contribution in [3.63, 3.8) is 0 Å². The number of imidazole rings is 1. The quantitative estimate of drug-likeness (QED) is 0.375. The van der Waals surface area contributed by atoms with Gasteiger partial charge in [0.05, 0.1) is 18.6 Å². The van der Waals surface area contributed by atoms with E-state index in [-0.39, 0.29) is 0 Å². The molecule has 5 heteroatoms. The first-order valence-electron chi connectivity index (χ1n) is 6.17. The Morgan fingerprint density at radius 1 is 1.47 bits per heavy atom. The van der Waals surface area contributed by atoms with Crippen LogP contribution in [0.15, 0.2) is 48.1 Å². The maximum atomic E-state index is 8.74. The number of rotatable bonds is 6. The lowest BCUT2D eigenvalue weighted by Gasteiger charge is -2.08. The molecule has 0 radical (unpaired) electrons. The molecule has 0 aliphatic heterocycles. The number of hydrogen-bond acceptors (Lipinski definition) is 4. The minimum absolute atomic E-state index is 0.573. The van der Waals surface area contributed by atoms with Gasteiger partial charge in [0.1, 0.15) is 5.75 Å². The molecular formula is C14H17N3O2. The van der Waals surface area contributed by atoms with Crippen LogP contribution in [0.5, 0.6) is 5.75 Å². The van der Waals surface area contributed by atoms with E-state index in [2.05, 4.69) is 10.1 Å². The van der Waals surface area contributed by atoms with Gasteiger partial charge in [-0.25, -0.2) is 4.98 Å². The summed E-state index contributed by atoms with van der Waals surface area (Å²) in [5, 5.41) is 11.9. The first-order valence-corrected chi connectivity index (χ1v) is 6.17. The fourth-order valence-corrected chi connectivity index (χ4v) is 1.72. The number of ether oxygens (including phenoxy) is 1. The zero-order valence-corrected chi connectivity index (χ0v) is 10.9. The van der Waals surface area contributed by atoms with E-state index in [9.17, 15) is 0 Å². The minimum Gasteiger partial charge on any atom is -0.494 e. The van der Waals surface area contributed by atoms with Crippen LogP contribution in [0.1, 0.15) is 18.9 Å². The van der Waals surface area contributed by atoms with Gasteiger partial charge in [-0.15, -0.1) is 0 Å². The molecule has 2 aromatic rings. The second kappa shape index (κ2) is 6.58. The van der Waals surface area contributed by atoms with Gasteiger partial charge in [-0.2, -0.15) is 0 Å². The van der Waals surface area contributed by atoms with E-state index < -0.39 is 0 Å². The van der Waals surface area contributed by atoms with Crippen LogP contribution in [0.2, 0.25) is 0 Å². The highest BCUT2D eigenvalue weighted by Gasteiger charge is 2.00. The number of benzene rings is 1. The molecule has 0 bridgehead atoms. The number of nitrogens with zero attached hydrogens (tertiary/aromatic N) is 3. The molecule has 0 fully saturated rings. The Hall–Kier alpha value is -2.30. The topological polar surface area (TPSA) is 59.6 Å². The van der Waals surface area contributed by atoms with E-state index in [1.807, 2.05) is 35.0 Å². The van der Waals surface area contributed by atoms with Gasteiger partial charge in [-0.05, 0) is 25.5 Å². The number of aryl methyl sites for hydroxylation is 1. The Labute approximate surface area is 112 Å². The largest absolute Gasteiger partial charge is 0.494 e. The Kier molecular flexibility index (Phi) is 4.55. The third kappa shape index (κ3) is 3.84. The van der Waals surface area contributed by atoms with Crippen LogP contribution in [0, 0.1) is 0 Å². The average Bonchev–Trinajstić information content (AvgIpc) is 2.96. The molecule has 100 valence electrons. The molecule has 0 atom stereocenters. The van der Waals surface area contributed by atoms with Gasteiger partial charge < -0.3 is 14.5 Å². The summed E-state index contributed by atoms with van der Waals surface area (Å²) in [6.45, 7) is 3.27. The molecule has 0 spiro atoms. The van der Waals surface area contributed by atoms with Crippen molar-refractivity contribution < 1.29 is 9.94 Å². The summed E-state index contributed by atoms with van der Waals surface area (Å²) in [4.78, 5) is 3.98. The zero-order valence-electron chi connectivity index (χ0n) is 10.9. The fraction of sp³-hybridized carbons (Fsp3) is 0.286. The molecule has 19 heavy (non-hydrogen) atoms. The van der Waals surface area contributed by atoms with Crippen LogP contribution in [0.4, 0.5) is 0 Å². The lowest BCUT2D eigenvalue weighted by molar-refractivity contribution is 0.301. The summed E-state index contributed by atoms with van der Waals surface area (Å²) in [5.41, 5.74) is 1.43. The van der Waals surface area contributed by atoms with Crippen LogP contribution in [-0.2, 0) is 6.54 Å². The lowest BCUT2D eigenvalue weighted by atomic mass is 10.1. The van der Waals surface area contributed by atoms with Crippen molar-refractivity contribution in [3.8, 4) is 5.75 Å². The van der Waals surface area contributed by atoms with Crippen molar-refractivity contribution in [2.24, 2.45) is 5.16 Å². The first kappa shape index (κ1) is 13.1. The summed E-state index contributed by atoms with van der Waals surface area (Å²) in [6, 6.07) is 7.53. The van der Waals surface area contributed by atoms with E-state index >= 15 is 0 Å². The van der Waals surface area contributed by atoms with Gasteiger partial charge in [0.15, 0.2) is 0 Å². The molecule has 1 aromatic heterocycles. The van der Waals surface area contributed by atoms with Gasteiger partial charge in [-0.3, -0.25) is 0 Å². The zero-order chi connectivity index (χ0) is 13.5. The number of hydrogen-bond donors (Lipinski definition) is 1. The lowest BCUT2D eigenvalue weighted by Crippen LogP contribution is -2.03. The van der Waals surface area contributed by atoms with E-state index in [0.717, 1.165) is 24.3 Å². The first-order chi connectivity index (χ1) is 9.29. The number of aromatic nitrogens is 2. The van der Waals surface area contributed by atoms with Crippen LogP contribution in [0.3, 0.4) is 0 Å². The van der Waals surface area contributed by atoms with Crippen molar-refractivity contribution in [3.05, 3.63) is 48.5 Å². The maximum Gasteiger partial charge on any atom is 0.119 e. The van der Waals surface area contributed by atoms with Crippen molar-refractivity contribution in [2.75, 3.05) is 6.61 Å². The van der Waals surface area contributed by atoms with E-state index in [1.165, 1.54) is 0 Å². The summed E-state index contributed by atoms with van der Waals surface area (Å²) in [7, 11) is 0. The predicted molar refractivity (Wildman–Crippen MR) is 72.8 cm³/mol. The third-order valence-electron chi connectivity index (χ3n) is 2.79. The molecule has 1 aromatic carbocycles. The smallest absolute Gasteiger partial charge is 0.119 e. The molecule has 0 saturated heterocycles. The molecule has 2 rings (SSSR count). The Bertz CT molecular complexity index is 535. The Morgan fingerprint density at radius 3 is 3.11 bits per heavy atom. The molecule has 0 unspecified atom stereocenters. The normalized spacial score (nSPS) is 11.5. The Balaban J connectivity index is 1.82. The molecule has 0 aliphatic carbocycles. The molecular weight excluding hydrogens is 242 g/mol. The summed E-state index contributed by atoms with van der Waals surface area (Å²) < 4.78 is 7.69. The third-order valence-corrected chi connectivity index (χ3v) is 2.79. The molecule has 0 amide bonds. The maximum absolute atomic E-state index is 8.74. The van der Waals surface area contributed by atoms with Crippen LogP contribution < -0.4 is 4.74 Å². The van der Waals surface area contributed by atoms with E-state index in [0.29, 0.717) is 12.3 Å². The van der Waals surface area contributed by atoms with Crippen molar-refractivity contribution in [1.82, 2.24) is 9.55 Å². The van der Waals surface area contributed by atoms with Crippen LogP contribution in [0.25, 0.3) is 0 Å². The summed E-state index contributed by atoms with van der Waals surface area (Å²) >= 11 is 0. The van der Waals surface area contributed by atoms with Crippen LogP contribution >= 0.6 is 0 Å².